The molecule has 0 aliphatic rings. The van der Waals surface area contributed by atoms with Crippen molar-refractivity contribution in [1.82, 2.24) is 4.48 Å². The Morgan fingerprint density at radius 1 is 1.00 bits per heavy atom. The lowest BCUT2D eigenvalue weighted by molar-refractivity contribution is 0.959. The molecular weight excluding hydrogens is 145 g/mol. The van der Waals surface area contributed by atoms with Crippen LogP contribution in [0.1, 0.15) is 26.7 Å². The monoisotopic (exact) mass is 163 g/mol. The average molecular weight is 163 g/mol. The topological polar surface area (TPSA) is 4.93 Å². The molecule has 0 amide bonds. The maximum Gasteiger partial charge on any atom is 0.258 e. The highest BCUT2D eigenvalue weighted by Gasteiger charge is 2.12. The fourth-order valence-electron chi connectivity index (χ4n) is 1.70. The highest BCUT2D eigenvalue weighted by molar-refractivity contribution is 6.57. The van der Waals surface area contributed by atoms with Crippen LogP contribution in [-0.2, 0) is 0 Å². The normalized spacial score (nSPS) is 10.2. The van der Waals surface area contributed by atoms with Crippen molar-refractivity contribution in [3.63, 3.8) is 0 Å². The van der Waals surface area contributed by atoms with Crippen molar-refractivity contribution in [2.75, 3.05) is 0 Å². The van der Waals surface area contributed by atoms with Gasteiger partial charge in [0, 0.05) is 0 Å². The minimum atomic E-state index is 0.731. The van der Waals surface area contributed by atoms with Gasteiger partial charge in [0.25, 0.3) is 6.85 Å². The Morgan fingerprint density at radius 2 is 1.50 bits per heavy atom. The zero-order valence-electron chi connectivity index (χ0n) is 8.16. The van der Waals surface area contributed by atoms with E-state index in [9.17, 15) is 0 Å². The Labute approximate surface area is 75.9 Å². The Morgan fingerprint density at radius 3 is 1.92 bits per heavy atom. The van der Waals surface area contributed by atoms with E-state index in [0.29, 0.717) is 0 Å². The van der Waals surface area contributed by atoms with E-state index in [0.717, 1.165) is 6.85 Å². The second-order valence-corrected chi connectivity index (χ2v) is 3.36. The van der Waals surface area contributed by atoms with Gasteiger partial charge in [-0.3, -0.25) is 0 Å². The van der Waals surface area contributed by atoms with Gasteiger partial charge >= 0.3 is 0 Å². The summed E-state index contributed by atoms with van der Waals surface area (Å²) in [4.78, 5) is 0. The molecule has 0 aliphatic carbocycles. The van der Waals surface area contributed by atoms with Gasteiger partial charge in [-0.05, 0) is 24.5 Å². The Balaban J connectivity index is 2.53. The van der Waals surface area contributed by atoms with Gasteiger partial charge in [-0.15, -0.1) is 0 Å². The Kier molecular flexibility index (Phi) is 3.99. The molecule has 0 saturated heterocycles. The lowest BCUT2D eigenvalue weighted by atomic mass is 9.55. The van der Waals surface area contributed by atoms with E-state index in [1.807, 2.05) is 0 Å². The van der Waals surface area contributed by atoms with E-state index in [2.05, 4.69) is 42.9 Å². The van der Waals surface area contributed by atoms with Crippen LogP contribution in [0.25, 0.3) is 0 Å². The van der Waals surface area contributed by atoms with Crippen LogP contribution in [0.4, 0.5) is 0 Å². The van der Waals surface area contributed by atoms with Gasteiger partial charge in [0.05, 0.1) is 0 Å². The molecule has 1 aromatic rings. The van der Waals surface area contributed by atoms with Crippen molar-refractivity contribution in [1.29, 1.82) is 0 Å². The third kappa shape index (κ3) is 2.44. The second-order valence-electron chi connectivity index (χ2n) is 3.36. The number of hydrogen-bond acceptors (Lipinski definition) is 0. The summed E-state index contributed by atoms with van der Waals surface area (Å²) in [5.41, 5.74) is 0. The van der Waals surface area contributed by atoms with Crippen LogP contribution in [0.15, 0.2) is 24.5 Å². The van der Waals surface area contributed by atoms with Crippen LogP contribution in [0, 0.1) is 0 Å². The predicted octanol–water partition coefficient (Wildman–Crippen LogP) is 3.15. The van der Waals surface area contributed by atoms with Crippen LogP contribution in [-0.4, -0.2) is 11.3 Å². The van der Waals surface area contributed by atoms with E-state index in [1.165, 1.54) is 25.5 Å². The molecule has 0 aliphatic heterocycles. The van der Waals surface area contributed by atoms with E-state index >= 15 is 0 Å². The first-order valence-electron chi connectivity index (χ1n) is 5.01. The van der Waals surface area contributed by atoms with Gasteiger partial charge < -0.3 is 4.48 Å². The van der Waals surface area contributed by atoms with Crippen molar-refractivity contribution < 1.29 is 0 Å². The smallest absolute Gasteiger partial charge is 0.258 e. The van der Waals surface area contributed by atoms with Crippen molar-refractivity contribution in [2.24, 2.45) is 0 Å². The fraction of sp³-hybridized carbons (Fsp3) is 0.600. The third-order valence-electron chi connectivity index (χ3n) is 2.29. The van der Waals surface area contributed by atoms with Crippen LogP contribution in [0.3, 0.4) is 0 Å². The molecule has 66 valence electrons. The molecule has 0 saturated carbocycles. The summed E-state index contributed by atoms with van der Waals surface area (Å²) in [6.07, 6.45) is 9.53. The maximum atomic E-state index is 2.34. The summed E-state index contributed by atoms with van der Waals surface area (Å²) in [7, 11) is 0. The largest absolute Gasteiger partial charge is 0.398 e. The molecule has 0 atom stereocenters. The molecule has 0 bridgehead atoms. The van der Waals surface area contributed by atoms with Crippen molar-refractivity contribution in [2.45, 2.75) is 39.3 Å². The first kappa shape index (κ1) is 9.43. The molecule has 1 rings (SSSR count). The number of nitrogens with zero attached hydrogens (tertiary/aromatic N) is 1. The van der Waals surface area contributed by atoms with Gasteiger partial charge in [-0.25, -0.2) is 0 Å². The number of hydrogen-bond donors (Lipinski definition) is 0. The summed E-state index contributed by atoms with van der Waals surface area (Å²) in [6.45, 7) is 5.24. The van der Waals surface area contributed by atoms with Crippen LogP contribution in [0.2, 0.25) is 12.6 Å². The van der Waals surface area contributed by atoms with Gasteiger partial charge in [0.15, 0.2) is 0 Å². The molecule has 0 aromatic carbocycles. The van der Waals surface area contributed by atoms with Crippen molar-refractivity contribution in [3.8, 4) is 0 Å². The lowest BCUT2D eigenvalue weighted by Gasteiger charge is -2.12. The standard InChI is InChI=1S/C10H18BN/c1-3-7-11(8-4-2)12-9-5-6-10-12/h5-6,9-10H,3-4,7-8H2,1-2H3. The second kappa shape index (κ2) is 5.07. The molecule has 1 nitrogen and oxygen atoms in total. The van der Waals surface area contributed by atoms with E-state index in [4.69, 9.17) is 0 Å². The molecule has 1 aromatic heterocycles. The molecule has 0 radical (unpaired) electrons. The molecule has 1 heterocycles. The summed E-state index contributed by atoms with van der Waals surface area (Å²) >= 11 is 0. The molecule has 2 heteroatoms. The van der Waals surface area contributed by atoms with Gasteiger partial charge in [0.2, 0.25) is 0 Å². The SMILES string of the molecule is CCCB(CCC)n1cccc1. The minimum Gasteiger partial charge on any atom is -0.398 e. The quantitative estimate of drug-likeness (QED) is 0.587. The Hall–Kier alpha value is -0.655. The van der Waals surface area contributed by atoms with Crippen molar-refractivity contribution in [3.05, 3.63) is 24.5 Å². The predicted molar refractivity (Wildman–Crippen MR) is 55.8 cm³/mol. The summed E-state index contributed by atoms with van der Waals surface area (Å²) in [5, 5.41) is 0. The van der Waals surface area contributed by atoms with Crippen LogP contribution < -0.4 is 0 Å². The van der Waals surface area contributed by atoms with Gasteiger partial charge in [-0.1, -0.05) is 39.3 Å². The fourth-order valence-corrected chi connectivity index (χ4v) is 1.70. The maximum absolute atomic E-state index is 2.34. The van der Waals surface area contributed by atoms with Crippen LogP contribution in [0.5, 0.6) is 0 Å². The molecule has 12 heavy (non-hydrogen) atoms. The lowest BCUT2D eigenvalue weighted by Crippen LogP contribution is -2.21. The van der Waals surface area contributed by atoms with E-state index in [-0.39, 0.29) is 0 Å². The number of rotatable bonds is 5. The molecule has 0 spiro atoms. The van der Waals surface area contributed by atoms with E-state index < -0.39 is 0 Å². The highest BCUT2D eigenvalue weighted by Crippen LogP contribution is 2.08. The average Bonchev–Trinajstić information content (AvgIpc) is 2.56. The molecular formula is C10H18BN. The van der Waals surface area contributed by atoms with Gasteiger partial charge in [0.1, 0.15) is 0 Å². The molecule has 0 N–H and O–H groups in total. The molecule has 0 fully saturated rings. The zero-order valence-corrected chi connectivity index (χ0v) is 8.16. The molecule has 0 unspecified atom stereocenters. The summed E-state index contributed by atoms with van der Waals surface area (Å²) < 4.78 is 2.34. The van der Waals surface area contributed by atoms with Crippen molar-refractivity contribution >= 4 is 6.85 Å². The first-order chi connectivity index (χ1) is 5.88. The Bertz CT molecular complexity index is 188. The van der Waals surface area contributed by atoms with Crippen LogP contribution >= 0.6 is 0 Å². The summed E-state index contributed by atoms with van der Waals surface area (Å²) in [6, 6.07) is 4.22. The first-order valence-corrected chi connectivity index (χ1v) is 5.01. The number of aromatic nitrogens is 1. The zero-order chi connectivity index (χ0) is 8.81. The third-order valence-corrected chi connectivity index (χ3v) is 2.29. The van der Waals surface area contributed by atoms with E-state index in [1.54, 1.807) is 0 Å². The summed E-state index contributed by atoms with van der Waals surface area (Å²) in [5.74, 6) is 0. The van der Waals surface area contributed by atoms with Gasteiger partial charge in [-0.2, -0.15) is 0 Å². The highest BCUT2D eigenvalue weighted by atomic mass is 14.9. The minimum absolute atomic E-state index is 0.731.